The summed E-state index contributed by atoms with van der Waals surface area (Å²) >= 11 is 13.9. The first-order chi connectivity index (χ1) is 61.2. The third kappa shape index (κ3) is 17.5. The highest BCUT2D eigenvalue weighted by Gasteiger charge is 2.30. The highest BCUT2D eigenvalue weighted by Crippen LogP contribution is 2.43. The highest BCUT2D eigenvalue weighted by molar-refractivity contribution is 9.10. The van der Waals surface area contributed by atoms with E-state index in [0.29, 0.717) is 88.5 Å². The average Bonchev–Trinajstić information content (AvgIpc) is 0.721. The summed E-state index contributed by atoms with van der Waals surface area (Å²) in [5.41, 5.74) is 1.77. The number of hydrogen-bond acceptors (Lipinski definition) is 21. The monoisotopic (exact) mass is 1880 g/mol. The van der Waals surface area contributed by atoms with E-state index in [4.69, 9.17) is 43.5 Å². The molecule has 4 N–H and O–H groups in total. The second kappa shape index (κ2) is 37.4. The van der Waals surface area contributed by atoms with Crippen LogP contribution in [0.5, 0.6) is 40.2 Å². The SMILES string of the molecule is COc1cccc(-n2c(-c3ccccc3)cc3oc(=O)c(Br)c(O)c3c2=O)c1.COc1cccc(Sc2c(O)c3c(=O)n(-c4cccc(OC)c4)c(-c4ccccc4)cc3oc2=O)c1.Cc1c(-c2ccccc2)n(-c2cccc(F)c2)c(=O)c2c(O)c(Br)c(=O)oc12.Cc1c(-c2ccccc2)n(-c2cccc(F)c2)c(=O)c2c(O)c(Sc3cccc(Cl)c3)c(=O)oc12. The predicted octanol–water partition coefficient (Wildman–Crippen LogP) is 20.7. The van der Waals surface area contributed by atoms with Crippen LogP contribution >= 0.6 is 67.0 Å². The molecule has 0 spiro atoms. The Balaban J connectivity index is 0.000000131. The van der Waals surface area contributed by atoms with Gasteiger partial charge in [-0.15, -0.1) is 0 Å². The van der Waals surface area contributed by atoms with Crippen LogP contribution in [0.4, 0.5) is 8.78 Å². The van der Waals surface area contributed by atoms with Gasteiger partial charge in [0.1, 0.15) is 80.3 Å². The Labute approximate surface area is 746 Å². The minimum atomic E-state index is -0.796. The first kappa shape index (κ1) is 87.2. The Morgan fingerprint density at radius 2 is 0.661 bits per heavy atom. The fourth-order valence-corrected chi connectivity index (χ4v) is 16.9. The summed E-state index contributed by atoms with van der Waals surface area (Å²) in [4.78, 5) is 105. The molecule has 0 aliphatic carbocycles. The summed E-state index contributed by atoms with van der Waals surface area (Å²) in [6, 6.07) is 78.7. The Kier molecular flexibility index (Phi) is 25.6. The van der Waals surface area contributed by atoms with Crippen molar-refractivity contribution in [3.8, 4) is 108 Å². The fourth-order valence-electron chi connectivity index (χ4n) is 14.3. The Hall–Kier alpha value is -14.8. The first-order valence-electron chi connectivity index (χ1n) is 38.2. The van der Waals surface area contributed by atoms with Gasteiger partial charge in [-0.1, -0.05) is 193 Å². The lowest BCUT2D eigenvalue weighted by Crippen LogP contribution is -2.23. The molecule has 0 saturated heterocycles. The molecule has 23 nitrogen and oxygen atoms in total. The van der Waals surface area contributed by atoms with Gasteiger partial charge < -0.3 is 52.3 Å². The average molecular weight is 1890 g/mol. The van der Waals surface area contributed by atoms with Gasteiger partial charge in [-0.05, 0) is 165 Å². The zero-order valence-corrected chi connectivity index (χ0v) is 72.5. The van der Waals surface area contributed by atoms with Crippen LogP contribution in [0.3, 0.4) is 0 Å². The molecular weight excluding hydrogens is 1820 g/mol. The minimum Gasteiger partial charge on any atom is -0.506 e. The second-order valence-electron chi connectivity index (χ2n) is 27.9. The Bertz CT molecular complexity index is 7910. The standard InChI is InChI=1S/C28H21NO6S.C27H17ClFNO4S.C21H13BrFNO4.C21H14BrNO5/c1-33-19-11-6-10-18(14-19)29-22(17-8-4-3-5-9-17)16-23-24(27(29)31)25(30)26(28(32)35-23)36-21-13-7-12-20(15-21)34-2;1-15-22(16-7-3-2-4-8-16)30(19-11-6-10-18(29)14-19)26(32)21-23(31)25(27(33)34-24(15)21)35-20-12-5-9-17(28)13-20;1-11-17(12-6-3-2-4-7-12)24(14-9-5-8-13(23)10-14)20(26)15-18(25)16(22)21(27)28-19(11)15;1-27-14-9-5-8-13(10-14)23-15(12-6-3-2-4-7-12)11-16-17(20(23)25)19(24)18(22)21(26)28-16/h3-16,30H,1-2H3;2-14,31H,1H3;2-10,25H,1H3;2-11,24H,1H3. The predicted molar refractivity (Wildman–Crippen MR) is 491 cm³/mol. The number of aromatic nitrogens is 4. The molecule has 127 heavy (non-hydrogen) atoms. The fraction of sp³-hybridized carbons (Fsp3) is 0.0515. The van der Waals surface area contributed by atoms with Crippen LogP contribution in [0.2, 0.25) is 5.02 Å². The van der Waals surface area contributed by atoms with Gasteiger partial charge in [-0.3, -0.25) is 37.4 Å². The molecule has 0 radical (unpaired) electrons. The van der Waals surface area contributed by atoms with Gasteiger partial charge in [-0.25, -0.2) is 28.0 Å². The van der Waals surface area contributed by atoms with E-state index in [2.05, 4.69) is 31.9 Å². The van der Waals surface area contributed by atoms with Crippen molar-refractivity contribution in [3.63, 3.8) is 0 Å². The molecule has 8 heterocycles. The van der Waals surface area contributed by atoms with Crippen molar-refractivity contribution in [3.05, 3.63) is 399 Å². The highest BCUT2D eigenvalue weighted by atomic mass is 79.9. The number of hydrogen-bond donors (Lipinski definition) is 4. The van der Waals surface area contributed by atoms with Crippen LogP contribution in [0, 0.1) is 25.5 Å². The summed E-state index contributed by atoms with van der Waals surface area (Å²) in [6.45, 7) is 3.36. The lowest BCUT2D eigenvalue weighted by molar-refractivity contribution is 0.413. The normalized spacial score (nSPS) is 11.0. The number of aromatic hydroxyl groups is 4. The third-order valence-corrected chi connectivity index (χ3v) is 23.8. The van der Waals surface area contributed by atoms with Crippen molar-refractivity contribution in [1.29, 1.82) is 0 Å². The quantitative estimate of drug-likeness (QED) is 0.0741. The van der Waals surface area contributed by atoms with Gasteiger partial charge in [0.2, 0.25) is 0 Å². The number of nitrogens with zero attached hydrogens (tertiary/aromatic N) is 4. The van der Waals surface area contributed by atoms with E-state index < -0.39 is 79.4 Å². The summed E-state index contributed by atoms with van der Waals surface area (Å²) in [6.07, 6.45) is 0. The molecule has 0 atom stereocenters. The number of pyridine rings is 4. The zero-order chi connectivity index (χ0) is 89.8. The zero-order valence-electron chi connectivity index (χ0n) is 67.0. The number of aryl methyl sites for hydroxylation is 2. The number of rotatable bonds is 15. The molecule has 8 aromatic heterocycles. The molecule has 30 heteroatoms. The molecule has 10 aromatic carbocycles. The number of benzene rings is 10. The van der Waals surface area contributed by atoms with Gasteiger partial charge >= 0.3 is 22.5 Å². The van der Waals surface area contributed by atoms with Gasteiger partial charge in [-0.2, -0.15) is 0 Å². The van der Waals surface area contributed by atoms with E-state index in [9.17, 15) is 67.6 Å². The molecule has 0 unspecified atom stereocenters. The number of fused-ring (bicyclic) bond motifs is 4. The van der Waals surface area contributed by atoms with E-state index in [1.54, 1.807) is 191 Å². The molecule has 0 bridgehead atoms. The molecule has 0 amide bonds. The second-order valence-corrected chi connectivity index (χ2v) is 32.1. The molecule has 0 saturated carbocycles. The van der Waals surface area contributed by atoms with Crippen LogP contribution in [0.25, 0.3) is 112 Å². The third-order valence-electron chi connectivity index (χ3n) is 20.1. The van der Waals surface area contributed by atoms with Crippen molar-refractivity contribution in [2.45, 2.75) is 33.4 Å². The van der Waals surface area contributed by atoms with Crippen LogP contribution in [0.1, 0.15) is 11.1 Å². The van der Waals surface area contributed by atoms with Crippen LogP contribution < -0.4 is 59.0 Å². The smallest absolute Gasteiger partial charge is 0.354 e. The maximum Gasteiger partial charge on any atom is 0.354 e. The van der Waals surface area contributed by atoms with Crippen molar-refractivity contribution in [1.82, 2.24) is 18.3 Å². The topological polar surface area (TPSA) is 317 Å². The minimum absolute atomic E-state index is 0.00417. The summed E-state index contributed by atoms with van der Waals surface area (Å²) in [7, 11) is 4.62. The number of halogens is 5. The van der Waals surface area contributed by atoms with Crippen molar-refractivity contribution in [2.75, 3.05) is 21.3 Å². The van der Waals surface area contributed by atoms with Crippen molar-refractivity contribution in [2.24, 2.45) is 0 Å². The lowest BCUT2D eigenvalue weighted by atomic mass is 10.0. The first-order valence-corrected chi connectivity index (χ1v) is 41.8. The molecule has 18 aromatic rings. The lowest BCUT2D eigenvalue weighted by Gasteiger charge is -2.18. The molecule has 18 rings (SSSR count). The van der Waals surface area contributed by atoms with E-state index in [1.165, 1.54) is 68.9 Å². The van der Waals surface area contributed by atoms with Gasteiger partial charge in [0.05, 0.1) is 66.9 Å². The van der Waals surface area contributed by atoms with E-state index in [-0.39, 0.29) is 74.0 Å². The van der Waals surface area contributed by atoms with Gasteiger partial charge in [0, 0.05) is 50.2 Å². The van der Waals surface area contributed by atoms with Crippen molar-refractivity contribution >= 4 is 111 Å². The van der Waals surface area contributed by atoms with Crippen molar-refractivity contribution < 1.29 is 61.1 Å². The molecular formula is C97H65Br2ClF2N4O19S2. The molecule has 0 fully saturated rings. The summed E-state index contributed by atoms with van der Waals surface area (Å²) < 4.78 is 70.8. The largest absolute Gasteiger partial charge is 0.506 e. The maximum atomic E-state index is 14.2. The van der Waals surface area contributed by atoms with Gasteiger partial charge in [0.25, 0.3) is 22.2 Å². The Morgan fingerprint density at radius 3 is 1.09 bits per heavy atom. The molecule has 0 aliphatic rings. The van der Waals surface area contributed by atoms with E-state index in [1.807, 2.05) is 72.8 Å². The summed E-state index contributed by atoms with van der Waals surface area (Å²) in [5, 5.41) is 43.1. The van der Waals surface area contributed by atoms with Crippen LogP contribution in [-0.2, 0) is 0 Å². The van der Waals surface area contributed by atoms with E-state index >= 15 is 0 Å². The summed E-state index contributed by atoms with van der Waals surface area (Å²) in [5.74, 6) is -1.19. The number of ether oxygens (including phenoxy) is 3. The molecule has 634 valence electrons. The van der Waals surface area contributed by atoms with Crippen LogP contribution in [-0.4, -0.2) is 60.0 Å². The molecule has 0 aliphatic heterocycles. The Morgan fingerprint density at radius 1 is 0.339 bits per heavy atom. The van der Waals surface area contributed by atoms with Gasteiger partial charge in [0.15, 0.2) is 34.2 Å². The van der Waals surface area contributed by atoms with E-state index in [0.717, 1.165) is 34.7 Å². The maximum absolute atomic E-state index is 14.2. The number of methoxy groups -OCH3 is 3. The van der Waals surface area contributed by atoms with Crippen LogP contribution in [0.15, 0.2) is 364 Å².